The summed E-state index contributed by atoms with van der Waals surface area (Å²) in [7, 11) is 1.50. The molecule has 0 atom stereocenters. The van der Waals surface area contributed by atoms with E-state index < -0.39 is 35.5 Å². The Bertz CT molecular complexity index is 1020. The number of hydrogen-bond donors (Lipinski definition) is 1. The molecule has 186 valence electrons. The Kier molecular flexibility index (Phi) is 7.42. The second-order valence-electron chi connectivity index (χ2n) is 9.05. The number of nitrogens with zero attached hydrogens (tertiary/aromatic N) is 3. The molecule has 34 heavy (non-hydrogen) atoms. The maximum atomic E-state index is 13.4. The average molecular weight is 483 g/mol. The summed E-state index contributed by atoms with van der Waals surface area (Å²) in [4.78, 5) is 26.7. The molecule has 1 fully saturated rings. The van der Waals surface area contributed by atoms with Crippen molar-refractivity contribution in [3.8, 4) is 5.75 Å². The molecule has 1 saturated heterocycles. The third kappa shape index (κ3) is 6.21. The van der Waals surface area contributed by atoms with Crippen molar-refractivity contribution in [2.75, 3.05) is 20.2 Å². The molecule has 11 heteroatoms. The maximum absolute atomic E-state index is 13.4. The predicted octanol–water partition coefficient (Wildman–Crippen LogP) is 4.41. The van der Waals surface area contributed by atoms with Gasteiger partial charge in [-0.25, -0.2) is 4.79 Å². The first kappa shape index (κ1) is 25.4. The van der Waals surface area contributed by atoms with Crippen LogP contribution < -0.4 is 10.1 Å². The Morgan fingerprint density at radius 1 is 1.15 bits per heavy atom. The molecule has 1 aromatic carbocycles. The van der Waals surface area contributed by atoms with Crippen molar-refractivity contribution in [1.29, 1.82) is 0 Å². The Labute approximate surface area is 196 Å². The molecule has 0 aliphatic carbocycles. The predicted molar refractivity (Wildman–Crippen MR) is 117 cm³/mol. The van der Waals surface area contributed by atoms with Gasteiger partial charge in [-0.2, -0.15) is 18.3 Å². The summed E-state index contributed by atoms with van der Waals surface area (Å²) in [6.07, 6.45) is -4.49. The lowest BCUT2D eigenvalue weighted by Crippen LogP contribution is -2.42. The third-order valence-electron chi connectivity index (χ3n) is 5.35. The zero-order chi connectivity index (χ0) is 25.1. The zero-order valence-corrected chi connectivity index (χ0v) is 19.6. The maximum Gasteiger partial charge on any atom is 0.435 e. The van der Waals surface area contributed by atoms with E-state index in [0.717, 1.165) is 10.7 Å². The first-order valence-electron chi connectivity index (χ1n) is 10.9. The standard InChI is InChI=1S/C23H29F3N4O4/c1-22(2,3)34-21(32)29-11-9-16(10-12-29)30-17(13-19(28-30)23(24,25)26)20(31)27-14-15-7-5-6-8-18(15)33-4/h5-8,13,16H,9-12,14H2,1-4H3,(H,27,31). The van der Waals surface area contributed by atoms with Crippen LogP contribution in [0, 0.1) is 0 Å². The lowest BCUT2D eigenvalue weighted by Gasteiger charge is -2.33. The highest BCUT2D eigenvalue weighted by molar-refractivity contribution is 5.92. The van der Waals surface area contributed by atoms with Crippen molar-refractivity contribution in [3.63, 3.8) is 0 Å². The number of methoxy groups -OCH3 is 1. The second-order valence-corrected chi connectivity index (χ2v) is 9.05. The number of nitrogens with one attached hydrogen (secondary N) is 1. The van der Waals surface area contributed by atoms with Gasteiger partial charge in [0.2, 0.25) is 0 Å². The highest BCUT2D eigenvalue weighted by Crippen LogP contribution is 2.32. The number of likely N-dealkylation sites (tertiary alicyclic amines) is 1. The van der Waals surface area contributed by atoms with E-state index in [-0.39, 0.29) is 25.3 Å². The van der Waals surface area contributed by atoms with Crippen LogP contribution in [0.15, 0.2) is 30.3 Å². The minimum atomic E-state index is -4.69. The molecule has 2 aromatic rings. The highest BCUT2D eigenvalue weighted by Gasteiger charge is 2.38. The smallest absolute Gasteiger partial charge is 0.435 e. The lowest BCUT2D eigenvalue weighted by molar-refractivity contribution is -0.141. The number of aromatic nitrogens is 2. The topological polar surface area (TPSA) is 85.7 Å². The van der Waals surface area contributed by atoms with Gasteiger partial charge in [0.1, 0.15) is 17.0 Å². The van der Waals surface area contributed by atoms with E-state index in [4.69, 9.17) is 9.47 Å². The van der Waals surface area contributed by atoms with E-state index in [1.807, 2.05) is 0 Å². The van der Waals surface area contributed by atoms with E-state index in [2.05, 4.69) is 10.4 Å². The van der Waals surface area contributed by atoms with E-state index >= 15 is 0 Å². The quantitative estimate of drug-likeness (QED) is 0.682. The van der Waals surface area contributed by atoms with Crippen LogP contribution in [0.2, 0.25) is 0 Å². The van der Waals surface area contributed by atoms with Gasteiger partial charge in [-0.3, -0.25) is 9.48 Å². The van der Waals surface area contributed by atoms with Crippen LogP contribution in [0.4, 0.5) is 18.0 Å². The van der Waals surface area contributed by atoms with E-state index in [9.17, 15) is 22.8 Å². The highest BCUT2D eigenvalue weighted by atomic mass is 19.4. The molecule has 2 heterocycles. The molecule has 3 rings (SSSR count). The molecule has 1 aromatic heterocycles. The van der Waals surface area contributed by atoms with Crippen LogP contribution in [-0.2, 0) is 17.5 Å². The fraction of sp³-hybridized carbons (Fsp3) is 0.522. The number of rotatable bonds is 5. The SMILES string of the molecule is COc1ccccc1CNC(=O)c1cc(C(F)(F)F)nn1C1CCN(C(=O)OC(C)(C)C)CC1. The van der Waals surface area contributed by atoms with Gasteiger partial charge in [0.25, 0.3) is 5.91 Å². The van der Waals surface area contributed by atoms with Gasteiger partial charge in [-0.15, -0.1) is 0 Å². The molecular formula is C23H29F3N4O4. The number of alkyl halides is 3. The Morgan fingerprint density at radius 3 is 2.38 bits per heavy atom. The Hall–Kier alpha value is -3.24. The molecule has 0 spiro atoms. The zero-order valence-electron chi connectivity index (χ0n) is 19.6. The molecule has 0 saturated carbocycles. The van der Waals surface area contributed by atoms with Crippen molar-refractivity contribution < 1.29 is 32.2 Å². The molecule has 1 aliphatic rings. The molecule has 1 aliphatic heterocycles. The normalized spacial score (nSPS) is 15.2. The first-order valence-corrected chi connectivity index (χ1v) is 10.9. The molecule has 2 amide bonds. The molecule has 0 bridgehead atoms. The number of ether oxygens (including phenoxy) is 2. The van der Waals surface area contributed by atoms with E-state index in [1.165, 1.54) is 12.0 Å². The van der Waals surface area contributed by atoms with Gasteiger partial charge in [0.05, 0.1) is 13.2 Å². The van der Waals surface area contributed by atoms with Gasteiger partial charge in [-0.1, -0.05) is 18.2 Å². The van der Waals surface area contributed by atoms with Gasteiger partial charge in [0, 0.05) is 31.3 Å². The van der Waals surface area contributed by atoms with Crippen LogP contribution in [-0.4, -0.2) is 52.5 Å². The van der Waals surface area contributed by atoms with Crippen molar-refractivity contribution in [2.24, 2.45) is 0 Å². The van der Waals surface area contributed by atoms with Crippen LogP contribution in [0.1, 0.15) is 61.4 Å². The fourth-order valence-corrected chi connectivity index (χ4v) is 3.72. The van der Waals surface area contributed by atoms with Crippen LogP contribution in [0.3, 0.4) is 0 Å². The Balaban J connectivity index is 1.76. The van der Waals surface area contributed by atoms with Crippen LogP contribution in [0.25, 0.3) is 0 Å². The average Bonchev–Trinajstić information content (AvgIpc) is 3.23. The molecule has 0 radical (unpaired) electrons. The minimum absolute atomic E-state index is 0.0759. The number of benzene rings is 1. The van der Waals surface area contributed by atoms with Crippen molar-refractivity contribution in [2.45, 2.75) is 58.0 Å². The summed E-state index contributed by atoms with van der Waals surface area (Å²) >= 11 is 0. The van der Waals surface area contributed by atoms with Gasteiger partial charge < -0.3 is 19.7 Å². The molecular weight excluding hydrogens is 453 g/mol. The van der Waals surface area contributed by atoms with Crippen LogP contribution in [0.5, 0.6) is 5.75 Å². The molecule has 8 nitrogen and oxygen atoms in total. The second kappa shape index (κ2) is 9.94. The summed E-state index contributed by atoms with van der Waals surface area (Å²) in [6, 6.07) is 7.32. The fourth-order valence-electron chi connectivity index (χ4n) is 3.72. The first-order chi connectivity index (χ1) is 15.9. The van der Waals surface area contributed by atoms with Crippen molar-refractivity contribution in [3.05, 3.63) is 47.3 Å². The summed E-state index contributed by atoms with van der Waals surface area (Å²) < 4.78 is 51.9. The van der Waals surface area contributed by atoms with Crippen LogP contribution >= 0.6 is 0 Å². The van der Waals surface area contributed by atoms with E-state index in [0.29, 0.717) is 24.2 Å². The minimum Gasteiger partial charge on any atom is -0.496 e. The summed E-state index contributed by atoms with van der Waals surface area (Å²) in [5.74, 6) is -0.120. The number of amides is 2. The number of carbonyl (C=O) groups is 2. The number of carbonyl (C=O) groups excluding carboxylic acids is 2. The summed E-state index contributed by atoms with van der Waals surface area (Å²) in [5, 5.41) is 6.37. The monoisotopic (exact) mass is 482 g/mol. The van der Waals surface area contributed by atoms with Gasteiger partial charge >= 0.3 is 12.3 Å². The third-order valence-corrected chi connectivity index (χ3v) is 5.35. The number of halogens is 3. The van der Waals surface area contributed by atoms with Gasteiger partial charge in [0.15, 0.2) is 5.69 Å². The lowest BCUT2D eigenvalue weighted by atomic mass is 10.1. The van der Waals surface area contributed by atoms with E-state index in [1.54, 1.807) is 45.0 Å². The van der Waals surface area contributed by atoms with Crippen molar-refractivity contribution in [1.82, 2.24) is 20.0 Å². The van der Waals surface area contributed by atoms with Crippen molar-refractivity contribution >= 4 is 12.0 Å². The number of hydrogen-bond acceptors (Lipinski definition) is 5. The molecule has 0 unspecified atom stereocenters. The Morgan fingerprint density at radius 2 is 1.79 bits per heavy atom. The molecule has 1 N–H and O–H groups in total. The summed E-state index contributed by atoms with van der Waals surface area (Å²) in [6.45, 7) is 5.92. The largest absolute Gasteiger partial charge is 0.496 e. The van der Waals surface area contributed by atoms with Gasteiger partial charge in [-0.05, 0) is 39.7 Å². The number of para-hydroxylation sites is 1. The number of piperidine rings is 1. The summed E-state index contributed by atoms with van der Waals surface area (Å²) in [5.41, 5.74) is -1.28.